The number of carbonyl (C=O) groups excluding carboxylic acids is 2. The lowest BCUT2D eigenvalue weighted by atomic mass is 10.1. The van der Waals surface area contributed by atoms with E-state index in [1.807, 2.05) is 19.1 Å². The van der Waals surface area contributed by atoms with Gasteiger partial charge in [-0.15, -0.1) is 0 Å². The molecule has 7 nitrogen and oxygen atoms in total. The van der Waals surface area contributed by atoms with Crippen molar-refractivity contribution in [2.24, 2.45) is 0 Å². The van der Waals surface area contributed by atoms with Gasteiger partial charge in [0.1, 0.15) is 11.5 Å². The molecule has 26 heavy (non-hydrogen) atoms. The second kappa shape index (κ2) is 7.59. The predicted molar refractivity (Wildman–Crippen MR) is 99.9 cm³/mol. The Morgan fingerprint density at radius 3 is 2.62 bits per heavy atom. The molecular weight excluding hydrogens is 332 g/mol. The minimum Gasteiger partial charge on any atom is -0.465 e. The molecular formula is C19H24N4O3. The summed E-state index contributed by atoms with van der Waals surface area (Å²) in [6.07, 6.45) is 4.64. The number of aromatic nitrogens is 2. The van der Waals surface area contributed by atoms with Crippen molar-refractivity contribution in [3.8, 4) is 0 Å². The molecule has 1 aliphatic heterocycles. The molecule has 0 spiro atoms. The number of aromatic amines is 1. The number of carbonyl (C=O) groups is 2. The Bertz CT molecular complexity index is 805. The minimum atomic E-state index is -0.439. The van der Waals surface area contributed by atoms with Crippen molar-refractivity contribution in [1.82, 2.24) is 9.97 Å². The van der Waals surface area contributed by atoms with E-state index in [1.54, 1.807) is 13.1 Å². The molecule has 1 fully saturated rings. The van der Waals surface area contributed by atoms with Gasteiger partial charge in [0, 0.05) is 18.8 Å². The van der Waals surface area contributed by atoms with E-state index in [1.165, 1.54) is 20.0 Å². The third-order valence-corrected chi connectivity index (χ3v) is 4.73. The third-order valence-electron chi connectivity index (χ3n) is 4.73. The lowest BCUT2D eigenvalue weighted by Gasteiger charge is -2.16. The van der Waals surface area contributed by atoms with Crippen molar-refractivity contribution in [3.63, 3.8) is 0 Å². The van der Waals surface area contributed by atoms with E-state index in [0.717, 1.165) is 18.9 Å². The van der Waals surface area contributed by atoms with Crippen molar-refractivity contribution in [2.45, 2.75) is 33.1 Å². The zero-order chi connectivity index (χ0) is 18.7. The topological polar surface area (TPSA) is 87.3 Å². The number of methoxy groups -OCH3 is 1. The quantitative estimate of drug-likeness (QED) is 0.805. The van der Waals surface area contributed by atoms with Gasteiger partial charge < -0.3 is 19.9 Å². The number of pyridine rings is 1. The van der Waals surface area contributed by atoms with Crippen LogP contribution >= 0.6 is 0 Å². The average molecular weight is 356 g/mol. The van der Waals surface area contributed by atoms with E-state index in [2.05, 4.69) is 20.2 Å². The Morgan fingerprint density at radius 2 is 2.04 bits per heavy atom. The van der Waals surface area contributed by atoms with Crippen LogP contribution in [0.15, 0.2) is 18.3 Å². The fourth-order valence-electron chi connectivity index (χ4n) is 3.32. The van der Waals surface area contributed by atoms with Gasteiger partial charge in [-0.1, -0.05) is 6.92 Å². The normalized spacial score (nSPS) is 13.7. The standard InChI is InChI=1S/C19H24N4O3/c1-4-14-16(19(25)26-3)12(2)17(22-14)18(24)21-13-7-8-15(20-11-13)23-9-5-6-10-23/h7-8,11,22H,4-6,9-10H2,1-3H3,(H,21,24). The summed E-state index contributed by atoms with van der Waals surface area (Å²) in [7, 11) is 1.33. The van der Waals surface area contributed by atoms with Crippen molar-refractivity contribution < 1.29 is 14.3 Å². The second-order valence-corrected chi connectivity index (χ2v) is 6.38. The number of hydrogen-bond donors (Lipinski definition) is 2. The van der Waals surface area contributed by atoms with E-state index in [0.29, 0.717) is 34.6 Å². The highest BCUT2D eigenvalue weighted by Gasteiger charge is 2.23. The summed E-state index contributed by atoms with van der Waals surface area (Å²) in [4.78, 5) is 34.3. The number of ether oxygens (including phenoxy) is 1. The number of esters is 1. The molecule has 0 atom stereocenters. The average Bonchev–Trinajstić information content (AvgIpc) is 3.29. The van der Waals surface area contributed by atoms with Gasteiger partial charge in [0.05, 0.1) is 24.6 Å². The second-order valence-electron chi connectivity index (χ2n) is 6.38. The highest BCUT2D eigenvalue weighted by Crippen LogP contribution is 2.22. The predicted octanol–water partition coefficient (Wildman–Crippen LogP) is 2.92. The van der Waals surface area contributed by atoms with Crippen LogP contribution in [-0.4, -0.2) is 42.0 Å². The first-order valence-corrected chi connectivity index (χ1v) is 8.87. The van der Waals surface area contributed by atoms with Crippen molar-refractivity contribution in [1.29, 1.82) is 0 Å². The molecule has 1 amide bonds. The van der Waals surface area contributed by atoms with Crippen LogP contribution < -0.4 is 10.2 Å². The summed E-state index contributed by atoms with van der Waals surface area (Å²) in [5.41, 5.74) is 2.70. The first-order chi connectivity index (χ1) is 12.5. The zero-order valence-corrected chi connectivity index (χ0v) is 15.4. The number of nitrogens with zero attached hydrogens (tertiary/aromatic N) is 2. The van der Waals surface area contributed by atoms with Crippen molar-refractivity contribution >= 4 is 23.4 Å². The number of H-pyrrole nitrogens is 1. The molecule has 0 bridgehead atoms. The van der Waals surface area contributed by atoms with Gasteiger partial charge in [-0.05, 0) is 43.9 Å². The van der Waals surface area contributed by atoms with Crippen LogP contribution in [0.5, 0.6) is 0 Å². The number of nitrogens with one attached hydrogen (secondary N) is 2. The van der Waals surface area contributed by atoms with Crippen LogP contribution in [0, 0.1) is 6.92 Å². The highest BCUT2D eigenvalue weighted by atomic mass is 16.5. The first kappa shape index (κ1) is 18.0. The molecule has 138 valence electrons. The molecule has 1 saturated heterocycles. The third kappa shape index (κ3) is 3.42. The molecule has 3 heterocycles. The molecule has 0 aliphatic carbocycles. The zero-order valence-electron chi connectivity index (χ0n) is 15.4. The smallest absolute Gasteiger partial charge is 0.339 e. The SMILES string of the molecule is CCc1[nH]c(C(=O)Nc2ccc(N3CCCC3)nc2)c(C)c1C(=O)OC. The van der Waals surface area contributed by atoms with Crippen LogP contribution in [-0.2, 0) is 11.2 Å². The fourth-order valence-corrected chi connectivity index (χ4v) is 3.32. The summed E-state index contributed by atoms with van der Waals surface area (Å²) in [6, 6.07) is 3.76. The van der Waals surface area contributed by atoms with Crippen LogP contribution in [0.3, 0.4) is 0 Å². The number of aryl methyl sites for hydroxylation is 1. The van der Waals surface area contributed by atoms with E-state index < -0.39 is 5.97 Å². The maximum absolute atomic E-state index is 12.6. The van der Waals surface area contributed by atoms with Gasteiger partial charge in [-0.25, -0.2) is 9.78 Å². The molecule has 3 rings (SSSR count). The molecule has 0 radical (unpaired) electrons. The fraction of sp³-hybridized carbons (Fsp3) is 0.421. The van der Waals surface area contributed by atoms with Crippen molar-refractivity contribution in [3.05, 3.63) is 40.8 Å². The van der Waals surface area contributed by atoms with Gasteiger partial charge in [0.2, 0.25) is 0 Å². The number of anilines is 2. The maximum Gasteiger partial charge on any atom is 0.339 e. The van der Waals surface area contributed by atoms with Crippen LogP contribution in [0.25, 0.3) is 0 Å². The van der Waals surface area contributed by atoms with Gasteiger partial charge in [-0.2, -0.15) is 0 Å². The highest BCUT2D eigenvalue weighted by molar-refractivity contribution is 6.06. The summed E-state index contributed by atoms with van der Waals surface area (Å²) in [5, 5.41) is 2.84. The lowest BCUT2D eigenvalue weighted by molar-refractivity contribution is 0.0599. The monoisotopic (exact) mass is 356 g/mol. The number of rotatable bonds is 5. The van der Waals surface area contributed by atoms with Gasteiger partial charge >= 0.3 is 5.97 Å². The molecule has 0 aromatic carbocycles. The van der Waals surface area contributed by atoms with Crippen LogP contribution in [0.1, 0.15) is 51.9 Å². The minimum absolute atomic E-state index is 0.303. The van der Waals surface area contributed by atoms with Gasteiger partial charge in [0.25, 0.3) is 5.91 Å². The van der Waals surface area contributed by atoms with Gasteiger partial charge in [0.15, 0.2) is 0 Å². The molecule has 7 heteroatoms. The summed E-state index contributed by atoms with van der Waals surface area (Å²) in [5.74, 6) is 0.187. The Labute approximate surface area is 152 Å². The molecule has 2 aromatic rings. The van der Waals surface area contributed by atoms with Crippen molar-refractivity contribution in [2.75, 3.05) is 30.4 Å². The Morgan fingerprint density at radius 1 is 1.31 bits per heavy atom. The van der Waals surface area contributed by atoms with E-state index in [4.69, 9.17) is 4.74 Å². The molecule has 2 N–H and O–H groups in total. The molecule has 0 saturated carbocycles. The Balaban J connectivity index is 1.77. The largest absolute Gasteiger partial charge is 0.465 e. The number of amides is 1. The summed E-state index contributed by atoms with van der Waals surface area (Å²) >= 11 is 0. The Kier molecular flexibility index (Phi) is 5.25. The number of hydrogen-bond acceptors (Lipinski definition) is 5. The van der Waals surface area contributed by atoms with Crippen LogP contribution in [0.2, 0.25) is 0 Å². The maximum atomic E-state index is 12.6. The molecule has 1 aliphatic rings. The summed E-state index contributed by atoms with van der Waals surface area (Å²) < 4.78 is 4.83. The molecule has 2 aromatic heterocycles. The summed E-state index contributed by atoms with van der Waals surface area (Å²) in [6.45, 7) is 5.71. The molecule has 0 unspecified atom stereocenters. The van der Waals surface area contributed by atoms with E-state index >= 15 is 0 Å². The van der Waals surface area contributed by atoms with E-state index in [-0.39, 0.29) is 5.91 Å². The Hall–Kier alpha value is -2.83. The lowest BCUT2D eigenvalue weighted by Crippen LogP contribution is -2.19. The van der Waals surface area contributed by atoms with Crippen LogP contribution in [0.4, 0.5) is 11.5 Å². The first-order valence-electron chi connectivity index (χ1n) is 8.87. The van der Waals surface area contributed by atoms with Gasteiger partial charge in [-0.3, -0.25) is 4.79 Å². The van der Waals surface area contributed by atoms with E-state index in [9.17, 15) is 9.59 Å².